The van der Waals surface area contributed by atoms with E-state index in [4.69, 9.17) is 4.74 Å². The Hall–Kier alpha value is -1.77. The largest absolute Gasteiger partial charge is 0.386 e. The number of ether oxygens (including phenoxy) is 1. The standard InChI is InChI=1S/C15H23N5O3/c21-13(10-19-6-8-23-9-7-19)18-11-15(22)2-5-20(12-15)14-16-3-1-4-17-14/h1,3-4,22H,2,5-12H2,(H,18,21). The summed E-state index contributed by atoms with van der Waals surface area (Å²) in [5, 5.41) is 13.5. The lowest BCUT2D eigenvalue weighted by Gasteiger charge is -2.27. The van der Waals surface area contributed by atoms with Gasteiger partial charge in [0, 0.05) is 38.6 Å². The molecule has 0 bridgehead atoms. The zero-order valence-electron chi connectivity index (χ0n) is 13.1. The van der Waals surface area contributed by atoms with Crippen molar-refractivity contribution < 1.29 is 14.6 Å². The number of rotatable bonds is 5. The molecule has 2 saturated heterocycles. The molecule has 126 valence electrons. The second-order valence-electron chi connectivity index (χ2n) is 6.11. The van der Waals surface area contributed by atoms with Gasteiger partial charge in [0.25, 0.3) is 0 Å². The zero-order valence-corrected chi connectivity index (χ0v) is 13.1. The van der Waals surface area contributed by atoms with Gasteiger partial charge >= 0.3 is 0 Å². The van der Waals surface area contributed by atoms with Crippen LogP contribution in [-0.4, -0.2) is 84.0 Å². The van der Waals surface area contributed by atoms with Gasteiger partial charge in [-0.25, -0.2) is 9.97 Å². The molecule has 3 heterocycles. The first kappa shape index (κ1) is 16.1. The number of amides is 1. The molecule has 2 aliphatic heterocycles. The normalized spacial score (nSPS) is 25.5. The van der Waals surface area contributed by atoms with Gasteiger partial charge in [0.05, 0.1) is 26.3 Å². The second-order valence-corrected chi connectivity index (χ2v) is 6.11. The Morgan fingerprint density at radius 1 is 1.30 bits per heavy atom. The number of aliphatic hydroxyl groups is 1. The van der Waals surface area contributed by atoms with Crippen LogP contribution in [-0.2, 0) is 9.53 Å². The van der Waals surface area contributed by atoms with Gasteiger partial charge in [-0.05, 0) is 12.5 Å². The fourth-order valence-electron chi connectivity index (χ4n) is 2.91. The van der Waals surface area contributed by atoms with E-state index in [2.05, 4.69) is 20.2 Å². The lowest BCUT2D eigenvalue weighted by molar-refractivity contribution is -0.124. The maximum Gasteiger partial charge on any atom is 0.234 e. The average Bonchev–Trinajstić information content (AvgIpc) is 2.98. The topological polar surface area (TPSA) is 90.8 Å². The summed E-state index contributed by atoms with van der Waals surface area (Å²) in [4.78, 5) is 24.4. The Morgan fingerprint density at radius 2 is 2.04 bits per heavy atom. The van der Waals surface area contributed by atoms with Crippen molar-refractivity contribution in [2.75, 3.05) is 57.4 Å². The van der Waals surface area contributed by atoms with Crippen LogP contribution < -0.4 is 10.2 Å². The number of nitrogens with zero attached hydrogens (tertiary/aromatic N) is 4. The van der Waals surface area contributed by atoms with E-state index in [0.717, 1.165) is 13.1 Å². The summed E-state index contributed by atoms with van der Waals surface area (Å²) in [6.45, 7) is 4.60. The molecule has 3 rings (SSSR count). The van der Waals surface area contributed by atoms with Crippen LogP contribution in [0.25, 0.3) is 0 Å². The van der Waals surface area contributed by atoms with E-state index in [1.807, 2.05) is 4.90 Å². The van der Waals surface area contributed by atoms with Gasteiger partial charge in [-0.3, -0.25) is 9.69 Å². The summed E-state index contributed by atoms with van der Waals surface area (Å²) in [6, 6.07) is 1.76. The smallest absolute Gasteiger partial charge is 0.234 e. The Morgan fingerprint density at radius 3 is 2.78 bits per heavy atom. The summed E-state index contributed by atoms with van der Waals surface area (Å²) < 4.78 is 5.26. The number of morpholine rings is 1. The predicted octanol–water partition coefficient (Wildman–Crippen LogP) is -1.13. The van der Waals surface area contributed by atoms with E-state index in [9.17, 15) is 9.90 Å². The van der Waals surface area contributed by atoms with Gasteiger partial charge in [-0.15, -0.1) is 0 Å². The van der Waals surface area contributed by atoms with Crippen LogP contribution in [0, 0.1) is 0 Å². The van der Waals surface area contributed by atoms with Crippen molar-refractivity contribution in [3.8, 4) is 0 Å². The minimum absolute atomic E-state index is 0.0604. The molecule has 0 saturated carbocycles. The summed E-state index contributed by atoms with van der Waals surface area (Å²) in [6.07, 6.45) is 3.96. The van der Waals surface area contributed by atoms with E-state index in [-0.39, 0.29) is 12.5 Å². The lowest BCUT2D eigenvalue weighted by atomic mass is 10.0. The number of carbonyl (C=O) groups excluding carboxylic acids is 1. The summed E-state index contributed by atoms with van der Waals surface area (Å²) in [5.41, 5.74) is -0.931. The number of aromatic nitrogens is 2. The molecule has 2 fully saturated rings. The fraction of sp³-hybridized carbons (Fsp3) is 0.667. The molecule has 2 aliphatic rings. The molecule has 1 atom stereocenters. The maximum absolute atomic E-state index is 12.0. The van der Waals surface area contributed by atoms with Gasteiger partial charge in [0.1, 0.15) is 5.60 Å². The Kier molecular flexibility index (Phi) is 5.04. The van der Waals surface area contributed by atoms with E-state index in [1.165, 1.54) is 0 Å². The van der Waals surface area contributed by atoms with Gasteiger partial charge < -0.3 is 20.1 Å². The first-order chi connectivity index (χ1) is 11.1. The molecule has 0 aliphatic carbocycles. The third kappa shape index (κ3) is 4.37. The lowest BCUT2D eigenvalue weighted by Crippen LogP contribution is -2.49. The molecule has 0 radical (unpaired) electrons. The van der Waals surface area contributed by atoms with Crippen molar-refractivity contribution in [1.29, 1.82) is 0 Å². The van der Waals surface area contributed by atoms with Crippen LogP contribution in [0.15, 0.2) is 18.5 Å². The number of β-amino-alcohol motifs (C(OH)–C–C–N with tert-alkyl or cyclic N) is 1. The highest BCUT2D eigenvalue weighted by Gasteiger charge is 2.37. The molecule has 1 unspecified atom stereocenters. The summed E-state index contributed by atoms with van der Waals surface area (Å²) in [5.74, 6) is 0.554. The number of anilines is 1. The van der Waals surface area contributed by atoms with Gasteiger partial charge in [-0.2, -0.15) is 0 Å². The highest BCUT2D eigenvalue weighted by Crippen LogP contribution is 2.23. The molecule has 1 aromatic rings. The van der Waals surface area contributed by atoms with Crippen molar-refractivity contribution >= 4 is 11.9 Å². The van der Waals surface area contributed by atoms with Crippen LogP contribution in [0.3, 0.4) is 0 Å². The quantitative estimate of drug-likeness (QED) is 0.709. The van der Waals surface area contributed by atoms with Crippen molar-refractivity contribution in [3.05, 3.63) is 18.5 Å². The zero-order chi connectivity index (χ0) is 16.1. The average molecular weight is 321 g/mol. The minimum Gasteiger partial charge on any atom is -0.386 e. The van der Waals surface area contributed by atoms with Crippen LogP contribution in [0.1, 0.15) is 6.42 Å². The SMILES string of the molecule is O=C(CN1CCOCC1)NCC1(O)CCN(c2ncccn2)C1. The fourth-order valence-corrected chi connectivity index (χ4v) is 2.91. The van der Waals surface area contributed by atoms with Gasteiger partial charge in [-0.1, -0.05) is 0 Å². The predicted molar refractivity (Wildman–Crippen MR) is 84.1 cm³/mol. The van der Waals surface area contributed by atoms with Crippen LogP contribution >= 0.6 is 0 Å². The summed E-state index contributed by atoms with van der Waals surface area (Å²) >= 11 is 0. The molecule has 0 aromatic carbocycles. The van der Waals surface area contributed by atoms with Gasteiger partial charge in [0.2, 0.25) is 11.9 Å². The molecule has 2 N–H and O–H groups in total. The Bertz CT molecular complexity index is 523. The highest BCUT2D eigenvalue weighted by molar-refractivity contribution is 5.78. The first-order valence-corrected chi connectivity index (χ1v) is 7.96. The Balaban J connectivity index is 1.45. The molecule has 1 amide bonds. The van der Waals surface area contributed by atoms with E-state index in [1.54, 1.807) is 18.5 Å². The third-order valence-electron chi connectivity index (χ3n) is 4.25. The molecule has 1 aromatic heterocycles. The van der Waals surface area contributed by atoms with Gasteiger partial charge in [0.15, 0.2) is 0 Å². The second kappa shape index (κ2) is 7.20. The molecule has 23 heavy (non-hydrogen) atoms. The number of hydrogen-bond acceptors (Lipinski definition) is 7. The molecular weight excluding hydrogens is 298 g/mol. The monoisotopic (exact) mass is 321 g/mol. The molecule has 8 nitrogen and oxygen atoms in total. The Labute approximate surface area is 135 Å². The van der Waals surface area contributed by atoms with Crippen LogP contribution in [0.2, 0.25) is 0 Å². The maximum atomic E-state index is 12.0. The highest BCUT2D eigenvalue weighted by atomic mass is 16.5. The number of hydrogen-bond donors (Lipinski definition) is 2. The number of nitrogens with one attached hydrogen (secondary N) is 1. The van der Waals surface area contributed by atoms with Crippen LogP contribution in [0.4, 0.5) is 5.95 Å². The van der Waals surface area contributed by atoms with Crippen molar-refractivity contribution in [3.63, 3.8) is 0 Å². The van der Waals surface area contributed by atoms with E-state index >= 15 is 0 Å². The molecular formula is C15H23N5O3. The van der Waals surface area contributed by atoms with Crippen molar-refractivity contribution in [2.45, 2.75) is 12.0 Å². The number of carbonyl (C=O) groups is 1. The van der Waals surface area contributed by atoms with Crippen molar-refractivity contribution in [2.24, 2.45) is 0 Å². The first-order valence-electron chi connectivity index (χ1n) is 7.96. The summed E-state index contributed by atoms with van der Waals surface area (Å²) in [7, 11) is 0. The third-order valence-corrected chi connectivity index (χ3v) is 4.25. The minimum atomic E-state index is -0.931. The molecule has 8 heteroatoms. The van der Waals surface area contributed by atoms with Crippen LogP contribution in [0.5, 0.6) is 0 Å². The van der Waals surface area contributed by atoms with E-state index < -0.39 is 5.60 Å². The van der Waals surface area contributed by atoms with Crippen molar-refractivity contribution in [1.82, 2.24) is 20.2 Å². The van der Waals surface area contributed by atoms with E-state index in [0.29, 0.717) is 45.2 Å². The molecule has 0 spiro atoms.